The molecule has 154 valence electrons. The molecule has 0 N–H and O–H groups in total. The fraction of sp³-hybridized carbons (Fsp3) is 0.826. The van der Waals surface area contributed by atoms with E-state index in [1.807, 2.05) is 0 Å². The van der Waals surface area contributed by atoms with E-state index < -0.39 is 8.32 Å². The second-order valence-corrected chi connectivity index (χ2v) is 15.6. The van der Waals surface area contributed by atoms with Crippen LogP contribution in [0.4, 0.5) is 0 Å². The van der Waals surface area contributed by atoms with Crippen molar-refractivity contribution in [3.05, 3.63) is 22.7 Å². The molecule has 3 aliphatic rings. The summed E-state index contributed by atoms with van der Waals surface area (Å²) < 4.78 is 12.8. The highest BCUT2D eigenvalue weighted by molar-refractivity contribution is 9.11. The monoisotopic (exact) mass is 454 g/mol. The highest BCUT2D eigenvalue weighted by Gasteiger charge is 2.50. The summed E-state index contributed by atoms with van der Waals surface area (Å²) in [4.78, 5) is 2.22. The van der Waals surface area contributed by atoms with Crippen LogP contribution >= 0.6 is 15.9 Å². The van der Waals surface area contributed by atoms with Crippen molar-refractivity contribution in [1.82, 2.24) is 0 Å². The Bertz CT molecular complexity index is 596. The average molecular weight is 456 g/mol. The molecule has 1 unspecified atom stereocenters. The highest BCUT2D eigenvalue weighted by atomic mass is 79.9. The van der Waals surface area contributed by atoms with Crippen molar-refractivity contribution in [2.24, 2.45) is 23.2 Å². The number of ether oxygens (including phenoxy) is 1. The van der Waals surface area contributed by atoms with Crippen LogP contribution in [0.2, 0.25) is 19.6 Å². The predicted octanol–water partition coefficient (Wildman–Crippen LogP) is 7.07. The summed E-state index contributed by atoms with van der Waals surface area (Å²) in [7, 11) is -1.55. The van der Waals surface area contributed by atoms with Gasteiger partial charge in [0.15, 0.2) is 8.32 Å². The van der Waals surface area contributed by atoms with Crippen molar-refractivity contribution in [2.45, 2.75) is 90.6 Å². The Morgan fingerprint density at radius 3 is 2.70 bits per heavy atom. The van der Waals surface area contributed by atoms with Crippen molar-refractivity contribution in [3.63, 3.8) is 0 Å². The average Bonchev–Trinajstić information content (AvgIpc) is 3.10. The zero-order valence-electron chi connectivity index (χ0n) is 18.2. The van der Waals surface area contributed by atoms with Crippen molar-refractivity contribution < 1.29 is 9.16 Å². The quantitative estimate of drug-likeness (QED) is 0.315. The van der Waals surface area contributed by atoms with Gasteiger partial charge in [0.1, 0.15) is 0 Å². The van der Waals surface area contributed by atoms with Gasteiger partial charge < -0.3 is 9.16 Å². The molecule has 0 aromatic rings. The Morgan fingerprint density at radius 1 is 1.30 bits per heavy atom. The Morgan fingerprint density at radius 2 is 2.04 bits per heavy atom. The summed E-state index contributed by atoms with van der Waals surface area (Å²) in [5, 5.41) is 0. The maximum atomic E-state index is 6.40. The van der Waals surface area contributed by atoms with Gasteiger partial charge in [0, 0.05) is 6.42 Å². The summed E-state index contributed by atoms with van der Waals surface area (Å²) in [6.45, 7) is 14.8. The zero-order chi connectivity index (χ0) is 19.9. The topological polar surface area (TPSA) is 18.5 Å². The van der Waals surface area contributed by atoms with Crippen molar-refractivity contribution >= 4 is 24.2 Å². The van der Waals surface area contributed by atoms with Crippen LogP contribution in [-0.4, -0.2) is 26.6 Å². The summed E-state index contributed by atoms with van der Waals surface area (Å²) in [5.41, 5.74) is 1.97. The van der Waals surface area contributed by atoms with Gasteiger partial charge in [-0.3, -0.25) is 0 Å². The maximum Gasteiger partial charge on any atom is 0.184 e. The van der Waals surface area contributed by atoms with Gasteiger partial charge in [0.25, 0.3) is 0 Å². The van der Waals surface area contributed by atoms with Crippen LogP contribution in [0.1, 0.15) is 59.3 Å². The predicted molar refractivity (Wildman–Crippen MR) is 121 cm³/mol. The van der Waals surface area contributed by atoms with Crippen molar-refractivity contribution in [2.75, 3.05) is 6.61 Å². The lowest BCUT2D eigenvalue weighted by Gasteiger charge is -2.44. The Hall–Kier alpha value is 0.0969. The lowest BCUT2D eigenvalue weighted by Crippen LogP contribution is -2.39. The van der Waals surface area contributed by atoms with E-state index >= 15 is 0 Å². The molecule has 0 saturated heterocycles. The van der Waals surface area contributed by atoms with Crippen molar-refractivity contribution in [1.29, 1.82) is 0 Å². The lowest BCUT2D eigenvalue weighted by atomic mass is 9.61. The standard InChI is InChI=1S/C23H39BrO2Si/c1-17(16-25-19-11-13-22(2,14-19)26-27(4,5)6)20-9-10-21-18(15-24)8-7-12-23(20,21)3/h11,13,15,17,19-21H,7-10,12,14,16H2,1-6H3/t17-,19-,20+,21?,22-,23+/m0/s1. The number of hydrogen-bond donors (Lipinski definition) is 0. The van der Waals surface area contributed by atoms with E-state index in [-0.39, 0.29) is 11.7 Å². The number of halogens is 1. The van der Waals surface area contributed by atoms with Crippen LogP contribution in [-0.2, 0) is 9.16 Å². The molecule has 0 bridgehead atoms. The molecule has 3 rings (SSSR count). The number of fused-ring (bicyclic) bond motifs is 1. The van der Waals surface area contributed by atoms with Crippen LogP contribution in [0.3, 0.4) is 0 Å². The summed E-state index contributed by atoms with van der Waals surface area (Å²) in [6, 6.07) is 0. The third-order valence-corrected chi connectivity index (χ3v) is 8.91. The number of hydrogen-bond acceptors (Lipinski definition) is 2. The van der Waals surface area contributed by atoms with Gasteiger partial charge in [0.2, 0.25) is 0 Å². The highest BCUT2D eigenvalue weighted by Crippen LogP contribution is 2.59. The summed E-state index contributed by atoms with van der Waals surface area (Å²) in [5.74, 6) is 2.17. The molecule has 27 heavy (non-hydrogen) atoms. The first kappa shape index (κ1) is 21.8. The Labute approximate surface area is 176 Å². The summed E-state index contributed by atoms with van der Waals surface area (Å²) >= 11 is 3.63. The van der Waals surface area contributed by atoms with Crippen LogP contribution in [0, 0.1) is 23.2 Å². The SMILES string of the molecule is C[C@@H](CO[C@H]1C=C[C@](C)(O[Si](C)(C)C)C1)[C@H]1CCC2C(=CBr)CCC[C@@]21C. The molecule has 4 heteroatoms. The third kappa shape index (κ3) is 4.82. The molecule has 2 nitrogen and oxygen atoms in total. The van der Waals surface area contributed by atoms with E-state index in [0.717, 1.165) is 24.9 Å². The molecular formula is C23H39BrO2Si. The number of rotatable bonds is 6. The van der Waals surface area contributed by atoms with E-state index in [0.29, 0.717) is 11.3 Å². The molecular weight excluding hydrogens is 416 g/mol. The van der Waals surface area contributed by atoms with E-state index in [1.54, 1.807) is 5.57 Å². The third-order valence-electron chi connectivity index (χ3n) is 7.25. The Balaban J connectivity index is 1.55. The molecule has 0 radical (unpaired) electrons. The molecule has 3 aliphatic carbocycles. The van der Waals surface area contributed by atoms with Gasteiger partial charge in [-0.2, -0.15) is 0 Å². The molecule has 0 spiro atoms. The van der Waals surface area contributed by atoms with Crippen LogP contribution in [0.25, 0.3) is 0 Å². The van der Waals surface area contributed by atoms with Crippen LogP contribution < -0.4 is 0 Å². The minimum Gasteiger partial charge on any atom is -0.409 e. The van der Waals surface area contributed by atoms with Gasteiger partial charge in [-0.15, -0.1) is 0 Å². The van der Waals surface area contributed by atoms with Gasteiger partial charge in [-0.1, -0.05) is 47.5 Å². The molecule has 0 aliphatic heterocycles. The molecule has 0 heterocycles. The molecule has 0 amide bonds. The van der Waals surface area contributed by atoms with E-state index in [1.165, 1.54) is 32.1 Å². The van der Waals surface area contributed by atoms with E-state index in [2.05, 4.69) is 73.5 Å². The minimum absolute atomic E-state index is 0.137. The van der Waals surface area contributed by atoms with E-state index in [4.69, 9.17) is 9.16 Å². The second-order valence-electron chi connectivity index (χ2n) is 10.7. The summed E-state index contributed by atoms with van der Waals surface area (Å²) in [6.07, 6.45) is 12.4. The molecule has 6 atom stereocenters. The van der Waals surface area contributed by atoms with Gasteiger partial charge in [-0.05, 0) is 86.8 Å². The molecule has 0 aromatic heterocycles. The molecule has 0 aromatic carbocycles. The number of allylic oxidation sites excluding steroid dienone is 1. The van der Waals surface area contributed by atoms with Crippen molar-refractivity contribution in [3.8, 4) is 0 Å². The van der Waals surface area contributed by atoms with E-state index in [9.17, 15) is 0 Å². The van der Waals surface area contributed by atoms with Crippen LogP contribution in [0.5, 0.6) is 0 Å². The van der Waals surface area contributed by atoms with Crippen LogP contribution in [0.15, 0.2) is 22.7 Å². The first-order valence-electron chi connectivity index (χ1n) is 10.9. The van der Waals surface area contributed by atoms with Gasteiger partial charge >= 0.3 is 0 Å². The molecule has 2 saturated carbocycles. The Kier molecular flexibility index (Phi) is 6.52. The zero-order valence-corrected chi connectivity index (χ0v) is 20.8. The smallest absolute Gasteiger partial charge is 0.184 e. The fourth-order valence-electron chi connectivity index (χ4n) is 6.27. The minimum atomic E-state index is -1.55. The largest absolute Gasteiger partial charge is 0.409 e. The van der Waals surface area contributed by atoms with Gasteiger partial charge in [-0.25, -0.2) is 0 Å². The van der Waals surface area contributed by atoms with Gasteiger partial charge in [0.05, 0.1) is 18.3 Å². The first-order chi connectivity index (χ1) is 12.6. The lowest BCUT2D eigenvalue weighted by molar-refractivity contribution is -0.00461. The first-order valence-corrected chi connectivity index (χ1v) is 15.2. The normalized spacial score (nSPS) is 41.9. The fourth-order valence-corrected chi connectivity index (χ4v) is 8.37. The molecule has 2 fully saturated rings. The second kappa shape index (κ2) is 8.08. The maximum absolute atomic E-state index is 6.40.